The van der Waals surface area contributed by atoms with Gasteiger partial charge in [0, 0.05) is 24.4 Å². The Morgan fingerprint density at radius 1 is 1.00 bits per heavy atom. The maximum Gasteiger partial charge on any atom is 0.0270 e. The van der Waals surface area contributed by atoms with Crippen molar-refractivity contribution in [3.05, 3.63) is 71.6 Å². The number of fused-ring (bicyclic) bond motifs is 2. The Labute approximate surface area is 132 Å². The third-order valence-electron chi connectivity index (χ3n) is 5.29. The van der Waals surface area contributed by atoms with E-state index >= 15 is 0 Å². The molecular formula is C20H22N2. The van der Waals surface area contributed by atoms with Crippen LogP contribution in [0.5, 0.6) is 0 Å². The lowest BCUT2D eigenvalue weighted by Crippen LogP contribution is -2.41. The number of rotatable bonds is 3. The van der Waals surface area contributed by atoms with Gasteiger partial charge in [-0.3, -0.25) is 4.98 Å². The van der Waals surface area contributed by atoms with E-state index in [4.69, 9.17) is 0 Å². The van der Waals surface area contributed by atoms with Gasteiger partial charge in [-0.2, -0.15) is 0 Å². The number of hydrogen-bond donors (Lipinski definition) is 0. The van der Waals surface area contributed by atoms with Gasteiger partial charge in [-0.1, -0.05) is 36.4 Å². The maximum absolute atomic E-state index is 4.09. The highest BCUT2D eigenvalue weighted by atomic mass is 15.1. The van der Waals surface area contributed by atoms with Crippen LogP contribution in [0.25, 0.3) is 6.08 Å². The third-order valence-corrected chi connectivity index (χ3v) is 5.29. The molecule has 112 valence electrons. The zero-order chi connectivity index (χ0) is 14.8. The topological polar surface area (TPSA) is 16.1 Å². The summed E-state index contributed by atoms with van der Waals surface area (Å²) in [5.41, 5.74) is 4.67. The summed E-state index contributed by atoms with van der Waals surface area (Å²) in [6.07, 6.45) is 12.2. The molecule has 1 aromatic heterocycles. The highest BCUT2D eigenvalue weighted by Gasteiger charge is 2.37. The van der Waals surface area contributed by atoms with Gasteiger partial charge in [0.05, 0.1) is 0 Å². The molecule has 0 N–H and O–H groups in total. The Balaban J connectivity index is 1.38. The molecule has 22 heavy (non-hydrogen) atoms. The summed E-state index contributed by atoms with van der Waals surface area (Å²) in [6, 6.07) is 13.1. The summed E-state index contributed by atoms with van der Waals surface area (Å²) in [7, 11) is 0. The average Bonchev–Trinajstić information content (AvgIpc) is 2.94. The fraction of sp³-hybridized carbons (Fsp3) is 0.350. The summed E-state index contributed by atoms with van der Waals surface area (Å²) in [5, 5.41) is 0. The molecule has 4 rings (SSSR count). The molecule has 2 nitrogen and oxygen atoms in total. The molecule has 0 bridgehead atoms. The molecule has 0 radical (unpaired) electrons. The zero-order valence-electron chi connectivity index (χ0n) is 12.9. The molecule has 1 fully saturated rings. The Morgan fingerprint density at radius 2 is 1.77 bits per heavy atom. The molecule has 0 atom stereocenters. The summed E-state index contributed by atoms with van der Waals surface area (Å²) in [4.78, 5) is 6.70. The molecular weight excluding hydrogens is 268 g/mol. The second kappa shape index (κ2) is 5.69. The van der Waals surface area contributed by atoms with E-state index in [0.717, 1.165) is 13.0 Å². The lowest BCUT2D eigenvalue weighted by atomic mass is 9.74. The van der Waals surface area contributed by atoms with E-state index in [1.807, 2.05) is 12.4 Å². The van der Waals surface area contributed by atoms with Crippen molar-refractivity contribution in [3.63, 3.8) is 0 Å². The van der Waals surface area contributed by atoms with Crippen molar-refractivity contribution in [2.45, 2.75) is 24.7 Å². The first-order valence-electron chi connectivity index (χ1n) is 8.26. The largest absolute Gasteiger partial charge is 0.303 e. The summed E-state index contributed by atoms with van der Waals surface area (Å²) >= 11 is 0. The van der Waals surface area contributed by atoms with Crippen LogP contribution >= 0.6 is 0 Å². The zero-order valence-corrected chi connectivity index (χ0v) is 12.9. The van der Waals surface area contributed by atoms with Gasteiger partial charge in [0.25, 0.3) is 0 Å². The molecule has 1 aliphatic heterocycles. The van der Waals surface area contributed by atoms with Crippen molar-refractivity contribution in [3.8, 4) is 0 Å². The van der Waals surface area contributed by atoms with Crippen LogP contribution in [0.2, 0.25) is 0 Å². The molecule has 1 saturated heterocycles. The Morgan fingerprint density at radius 3 is 2.59 bits per heavy atom. The van der Waals surface area contributed by atoms with Crippen molar-refractivity contribution >= 4 is 6.08 Å². The van der Waals surface area contributed by atoms with Crippen LogP contribution in [0.1, 0.15) is 29.5 Å². The number of allylic oxidation sites excluding steroid dienone is 1. The summed E-state index contributed by atoms with van der Waals surface area (Å²) < 4.78 is 0. The molecule has 2 heterocycles. The maximum atomic E-state index is 4.09. The molecule has 0 unspecified atom stereocenters. The van der Waals surface area contributed by atoms with Crippen molar-refractivity contribution in [2.75, 3.05) is 19.6 Å². The van der Waals surface area contributed by atoms with E-state index < -0.39 is 0 Å². The Kier molecular flexibility index (Phi) is 3.55. The van der Waals surface area contributed by atoms with E-state index in [9.17, 15) is 0 Å². The Bertz CT molecular complexity index is 667. The van der Waals surface area contributed by atoms with Crippen LogP contribution in [-0.4, -0.2) is 29.5 Å². The minimum atomic E-state index is 0.309. The molecule has 0 amide bonds. The first-order valence-corrected chi connectivity index (χ1v) is 8.26. The number of nitrogens with zero attached hydrogens (tertiary/aromatic N) is 2. The van der Waals surface area contributed by atoms with Crippen LogP contribution in [0.3, 0.4) is 0 Å². The SMILES string of the molecule is C1=CC2(CCN(CCc3ccncc3)CC2)c2ccccc21. The van der Waals surface area contributed by atoms with Crippen molar-refractivity contribution < 1.29 is 0 Å². The molecule has 0 saturated carbocycles. The Hall–Kier alpha value is -1.93. The molecule has 1 spiro atoms. The second-order valence-corrected chi connectivity index (χ2v) is 6.52. The van der Waals surface area contributed by atoms with Gasteiger partial charge in [-0.05, 0) is 61.2 Å². The third kappa shape index (κ3) is 2.48. The number of pyridine rings is 1. The van der Waals surface area contributed by atoms with Crippen LogP contribution in [0.15, 0.2) is 54.9 Å². The first-order chi connectivity index (χ1) is 10.9. The number of hydrogen-bond acceptors (Lipinski definition) is 2. The second-order valence-electron chi connectivity index (χ2n) is 6.52. The summed E-state index contributed by atoms with van der Waals surface area (Å²) in [5.74, 6) is 0. The van der Waals surface area contributed by atoms with Gasteiger partial charge >= 0.3 is 0 Å². The minimum Gasteiger partial charge on any atom is -0.303 e. The van der Waals surface area contributed by atoms with Gasteiger partial charge in [-0.25, -0.2) is 0 Å². The highest BCUT2D eigenvalue weighted by Crippen LogP contribution is 2.43. The highest BCUT2D eigenvalue weighted by molar-refractivity contribution is 5.65. The van der Waals surface area contributed by atoms with Gasteiger partial charge in [0.15, 0.2) is 0 Å². The monoisotopic (exact) mass is 290 g/mol. The first kappa shape index (κ1) is 13.7. The predicted molar refractivity (Wildman–Crippen MR) is 90.8 cm³/mol. The normalized spacial score (nSPS) is 19.5. The van der Waals surface area contributed by atoms with E-state index in [-0.39, 0.29) is 0 Å². The number of benzene rings is 1. The molecule has 2 aromatic rings. The van der Waals surface area contributed by atoms with Crippen LogP contribution in [-0.2, 0) is 11.8 Å². The van der Waals surface area contributed by atoms with Crippen LogP contribution in [0, 0.1) is 0 Å². The van der Waals surface area contributed by atoms with Crippen molar-refractivity contribution in [1.29, 1.82) is 0 Å². The molecule has 2 aliphatic rings. The number of aromatic nitrogens is 1. The molecule has 2 heteroatoms. The van der Waals surface area contributed by atoms with E-state index in [2.05, 4.69) is 58.4 Å². The molecule has 1 aromatic carbocycles. The van der Waals surface area contributed by atoms with Gasteiger partial charge in [0.2, 0.25) is 0 Å². The van der Waals surface area contributed by atoms with Crippen molar-refractivity contribution in [2.24, 2.45) is 0 Å². The fourth-order valence-electron chi connectivity index (χ4n) is 3.88. The van der Waals surface area contributed by atoms with E-state index in [1.54, 1.807) is 5.56 Å². The number of piperidine rings is 1. The fourth-order valence-corrected chi connectivity index (χ4v) is 3.88. The van der Waals surface area contributed by atoms with Crippen LogP contribution in [0.4, 0.5) is 0 Å². The smallest absolute Gasteiger partial charge is 0.0270 e. The van der Waals surface area contributed by atoms with E-state index in [0.29, 0.717) is 5.41 Å². The van der Waals surface area contributed by atoms with Gasteiger partial charge in [0.1, 0.15) is 0 Å². The predicted octanol–water partition coefficient (Wildman–Crippen LogP) is 3.68. The van der Waals surface area contributed by atoms with Crippen molar-refractivity contribution in [1.82, 2.24) is 9.88 Å². The lowest BCUT2D eigenvalue weighted by molar-refractivity contribution is 0.186. The lowest BCUT2D eigenvalue weighted by Gasteiger charge is -2.39. The summed E-state index contributed by atoms with van der Waals surface area (Å²) in [6.45, 7) is 3.55. The number of likely N-dealkylation sites (tertiary alicyclic amines) is 1. The molecule has 1 aliphatic carbocycles. The van der Waals surface area contributed by atoms with Gasteiger partial charge < -0.3 is 4.90 Å². The average molecular weight is 290 g/mol. The van der Waals surface area contributed by atoms with Gasteiger partial charge in [-0.15, -0.1) is 0 Å². The van der Waals surface area contributed by atoms with E-state index in [1.165, 1.54) is 37.1 Å². The minimum absolute atomic E-state index is 0.309. The standard InChI is InChI=1S/C20H22N2/c1-2-4-19-18(3-1)5-9-20(19)10-15-22(16-11-20)14-8-17-6-12-21-13-7-17/h1-7,9,12-13H,8,10-11,14-16H2. The van der Waals surface area contributed by atoms with Crippen LogP contribution < -0.4 is 0 Å². The quantitative estimate of drug-likeness (QED) is 0.857.